The quantitative estimate of drug-likeness (QED) is 0.856. The van der Waals surface area contributed by atoms with E-state index < -0.39 is 5.60 Å². The highest BCUT2D eigenvalue weighted by molar-refractivity contribution is 5.73. The van der Waals surface area contributed by atoms with Gasteiger partial charge in [0, 0.05) is 38.7 Å². The summed E-state index contributed by atoms with van der Waals surface area (Å²) in [6.07, 6.45) is 4.55. The Kier molecular flexibility index (Phi) is 6.30. The molecule has 28 heavy (non-hydrogen) atoms. The van der Waals surface area contributed by atoms with E-state index in [0.717, 1.165) is 19.4 Å². The minimum Gasteiger partial charge on any atom is -0.490 e. The first-order valence-corrected chi connectivity index (χ1v) is 10.3. The summed E-state index contributed by atoms with van der Waals surface area (Å²) in [7, 11) is 0. The monoisotopic (exact) mass is 392 g/mol. The molecule has 1 atom stereocenters. The molecule has 1 unspecified atom stereocenters. The lowest BCUT2D eigenvalue weighted by Gasteiger charge is -2.41. The number of amides is 1. The van der Waals surface area contributed by atoms with Gasteiger partial charge in [0.25, 0.3) is 0 Å². The summed E-state index contributed by atoms with van der Waals surface area (Å²) in [4.78, 5) is 16.1. The van der Waals surface area contributed by atoms with Crippen LogP contribution in [0.4, 0.5) is 4.39 Å². The number of hydrogen-bond acceptors (Lipinski definition) is 4. The van der Waals surface area contributed by atoms with E-state index in [1.54, 1.807) is 17.0 Å². The highest BCUT2D eigenvalue weighted by Crippen LogP contribution is 2.37. The van der Waals surface area contributed by atoms with Crippen molar-refractivity contribution in [2.24, 2.45) is 5.41 Å². The van der Waals surface area contributed by atoms with Crippen LogP contribution in [-0.4, -0.2) is 65.2 Å². The second-order valence-corrected chi connectivity index (χ2v) is 9.28. The van der Waals surface area contributed by atoms with Crippen molar-refractivity contribution in [3.8, 4) is 5.75 Å². The Bertz CT molecular complexity index is 686. The Morgan fingerprint density at radius 1 is 1.25 bits per heavy atom. The van der Waals surface area contributed by atoms with Gasteiger partial charge in [-0.25, -0.2) is 4.39 Å². The van der Waals surface area contributed by atoms with Gasteiger partial charge in [-0.3, -0.25) is 9.69 Å². The molecular formula is C22H33FN2O3. The van der Waals surface area contributed by atoms with Crippen LogP contribution in [0.15, 0.2) is 24.3 Å². The van der Waals surface area contributed by atoms with Gasteiger partial charge in [-0.15, -0.1) is 0 Å². The SMILES string of the molecule is CC(=O)N1CCN(C2CCC(C)(C)CC2)CC(O)(COc2cccc(F)c2)C1. The number of nitrogens with zero attached hydrogens (tertiary/aromatic N) is 2. The molecule has 156 valence electrons. The van der Waals surface area contributed by atoms with Gasteiger partial charge in [0.2, 0.25) is 5.91 Å². The van der Waals surface area contributed by atoms with Crippen LogP contribution >= 0.6 is 0 Å². The van der Waals surface area contributed by atoms with Gasteiger partial charge in [0.05, 0.1) is 6.54 Å². The van der Waals surface area contributed by atoms with Crippen LogP contribution in [0.1, 0.15) is 46.5 Å². The van der Waals surface area contributed by atoms with Gasteiger partial charge in [0.15, 0.2) is 0 Å². The van der Waals surface area contributed by atoms with Crippen molar-refractivity contribution in [1.29, 1.82) is 0 Å². The number of ether oxygens (including phenoxy) is 1. The summed E-state index contributed by atoms with van der Waals surface area (Å²) in [5.41, 5.74) is -0.813. The third-order valence-corrected chi connectivity index (χ3v) is 6.21. The Morgan fingerprint density at radius 3 is 2.61 bits per heavy atom. The van der Waals surface area contributed by atoms with Crippen LogP contribution in [0.3, 0.4) is 0 Å². The number of carbonyl (C=O) groups excluding carboxylic acids is 1. The normalized spacial score (nSPS) is 26.7. The van der Waals surface area contributed by atoms with Gasteiger partial charge in [-0.1, -0.05) is 19.9 Å². The average Bonchev–Trinajstić information content (AvgIpc) is 2.80. The van der Waals surface area contributed by atoms with E-state index in [-0.39, 0.29) is 24.9 Å². The summed E-state index contributed by atoms with van der Waals surface area (Å²) in [5, 5.41) is 11.4. The van der Waals surface area contributed by atoms with Gasteiger partial charge in [0.1, 0.15) is 23.8 Å². The molecule has 1 aromatic rings. The molecule has 5 nitrogen and oxygen atoms in total. The zero-order chi connectivity index (χ0) is 20.4. The van der Waals surface area contributed by atoms with E-state index in [9.17, 15) is 14.3 Å². The first-order chi connectivity index (χ1) is 13.2. The highest BCUT2D eigenvalue weighted by Gasteiger charge is 2.40. The molecule has 1 N–H and O–H groups in total. The number of carbonyl (C=O) groups is 1. The van der Waals surface area contributed by atoms with E-state index in [1.807, 2.05) is 0 Å². The smallest absolute Gasteiger partial charge is 0.219 e. The maximum absolute atomic E-state index is 13.4. The molecule has 1 heterocycles. The van der Waals surface area contributed by atoms with Crippen molar-refractivity contribution in [3.05, 3.63) is 30.1 Å². The molecule has 0 bridgehead atoms. The van der Waals surface area contributed by atoms with Gasteiger partial charge < -0.3 is 14.7 Å². The Balaban J connectivity index is 1.71. The third-order valence-electron chi connectivity index (χ3n) is 6.21. The van der Waals surface area contributed by atoms with Crippen LogP contribution in [0.25, 0.3) is 0 Å². The average molecular weight is 393 g/mol. The van der Waals surface area contributed by atoms with Crippen LogP contribution in [0.5, 0.6) is 5.75 Å². The molecule has 0 spiro atoms. The lowest BCUT2D eigenvalue weighted by molar-refractivity contribution is -0.132. The predicted octanol–water partition coefficient (Wildman–Crippen LogP) is 3.07. The minimum atomic E-state index is -1.19. The van der Waals surface area contributed by atoms with Gasteiger partial charge >= 0.3 is 0 Å². The standard InChI is InChI=1S/C22H33FN2O3/c1-17(26)24-11-12-25(19-7-9-21(2,3)10-8-19)15-22(27,14-24)16-28-20-6-4-5-18(23)13-20/h4-6,13,19,27H,7-12,14-16H2,1-3H3. The van der Waals surface area contributed by atoms with Crippen LogP contribution < -0.4 is 4.74 Å². The van der Waals surface area contributed by atoms with Crippen molar-refractivity contribution in [2.45, 2.75) is 58.1 Å². The maximum atomic E-state index is 13.4. The molecule has 2 fully saturated rings. The van der Waals surface area contributed by atoms with Crippen molar-refractivity contribution in [2.75, 3.05) is 32.8 Å². The minimum absolute atomic E-state index is 0.0228. The Labute approximate surface area is 167 Å². The fourth-order valence-electron chi connectivity index (χ4n) is 4.39. The van der Waals surface area contributed by atoms with E-state index in [4.69, 9.17) is 4.74 Å². The van der Waals surface area contributed by atoms with E-state index >= 15 is 0 Å². The molecule has 1 saturated heterocycles. The summed E-state index contributed by atoms with van der Waals surface area (Å²) in [6.45, 7) is 8.23. The summed E-state index contributed by atoms with van der Waals surface area (Å²) in [5.74, 6) is -0.0315. The number of halogens is 1. The maximum Gasteiger partial charge on any atom is 0.219 e. The molecular weight excluding hydrogens is 359 g/mol. The number of aliphatic hydroxyl groups is 1. The fourth-order valence-corrected chi connectivity index (χ4v) is 4.39. The van der Waals surface area contributed by atoms with Crippen molar-refractivity contribution in [1.82, 2.24) is 9.80 Å². The van der Waals surface area contributed by atoms with Gasteiger partial charge in [-0.05, 0) is 43.2 Å². The van der Waals surface area contributed by atoms with Crippen molar-refractivity contribution in [3.63, 3.8) is 0 Å². The number of hydrogen-bond donors (Lipinski definition) is 1. The molecule has 1 aliphatic heterocycles. The molecule has 1 saturated carbocycles. The molecule has 1 amide bonds. The molecule has 0 radical (unpaired) electrons. The molecule has 1 aromatic carbocycles. The number of benzene rings is 1. The first kappa shape index (κ1) is 21.1. The third kappa shape index (κ3) is 5.45. The largest absolute Gasteiger partial charge is 0.490 e. The number of β-amino-alcohol motifs (C(OH)–C–C–N with tert-alkyl or cyclic N) is 1. The lowest BCUT2D eigenvalue weighted by atomic mass is 9.75. The number of rotatable bonds is 4. The molecule has 2 aliphatic rings. The second kappa shape index (κ2) is 8.37. The zero-order valence-electron chi connectivity index (χ0n) is 17.3. The zero-order valence-corrected chi connectivity index (χ0v) is 17.3. The molecule has 6 heteroatoms. The predicted molar refractivity (Wildman–Crippen MR) is 107 cm³/mol. The second-order valence-electron chi connectivity index (χ2n) is 9.28. The summed E-state index contributed by atoms with van der Waals surface area (Å²) >= 11 is 0. The molecule has 3 rings (SSSR count). The Morgan fingerprint density at radius 2 is 1.96 bits per heavy atom. The van der Waals surface area contributed by atoms with Gasteiger partial charge in [-0.2, -0.15) is 0 Å². The summed E-state index contributed by atoms with van der Waals surface area (Å²) in [6, 6.07) is 6.34. The van der Waals surface area contributed by atoms with E-state index in [1.165, 1.54) is 31.9 Å². The van der Waals surface area contributed by atoms with E-state index in [0.29, 0.717) is 30.3 Å². The van der Waals surface area contributed by atoms with Crippen molar-refractivity contribution >= 4 is 5.91 Å². The molecule has 1 aliphatic carbocycles. The summed E-state index contributed by atoms with van der Waals surface area (Å²) < 4.78 is 19.2. The topological polar surface area (TPSA) is 53.0 Å². The highest BCUT2D eigenvalue weighted by atomic mass is 19.1. The van der Waals surface area contributed by atoms with Crippen LogP contribution in [0, 0.1) is 11.2 Å². The Hall–Kier alpha value is -1.66. The van der Waals surface area contributed by atoms with Crippen molar-refractivity contribution < 1.29 is 19.0 Å². The van der Waals surface area contributed by atoms with Crippen LogP contribution in [0.2, 0.25) is 0 Å². The first-order valence-electron chi connectivity index (χ1n) is 10.3. The lowest BCUT2D eigenvalue weighted by Crippen LogP contribution is -2.53. The van der Waals surface area contributed by atoms with Crippen LogP contribution in [-0.2, 0) is 4.79 Å². The fraction of sp³-hybridized carbons (Fsp3) is 0.682. The van der Waals surface area contributed by atoms with E-state index in [2.05, 4.69) is 18.7 Å². The molecule has 0 aromatic heterocycles.